The summed E-state index contributed by atoms with van der Waals surface area (Å²) in [5.41, 5.74) is 0.348. The third-order valence-corrected chi connectivity index (χ3v) is 4.09. The molecule has 0 saturated heterocycles. The molecule has 2 atom stereocenters. The van der Waals surface area contributed by atoms with E-state index in [1.54, 1.807) is 31.2 Å². The molecule has 1 aromatic rings. The molecule has 0 radical (unpaired) electrons. The van der Waals surface area contributed by atoms with Crippen LogP contribution in [0.2, 0.25) is 0 Å². The molecule has 9 heteroatoms. The first kappa shape index (κ1) is 22.9. The van der Waals surface area contributed by atoms with Gasteiger partial charge >= 0.3 is 11.9 Å². The lowest BCUT2D eigenvalue weighted by Gasteiger charge is -2.21. The third kappa shape index (κ3) is 7.26. The van der Waals surface area contributed by atoms with Gasteiger partial charge in [0.15, 0.2) is 6.61 Å². The number of hydrogen-bond acceptors (Lipinski definition) is 7. The summed E-state index contributed by atoms with van der Waals surface area (Å²) in [6.45, 7) is 2.70. The van der Waals surface area contributed by atoms with Gasteiger partial charge in [-0.25, -0.2) is 4.79 Å². The second kappa shape index (κ2) is 11.6. The molecule has 2 amide bonds. The van der Waals surface area contributed by atoms with Gasteiger partial charge in [-0.05, 0) is 30.2 Å². The molecule has 9 nitrogen and oxygen atoms in total. The highest BCUT2D eigenvalue weighted by molar-refractivity contribution is 5.96. The second-order valence-corrected chi connectivity index (χ2v) is 6.03. The lowest BCUT2D eigenvalue weighted by molar-refractivity contribution is -0.150. The van der Waals surface area contributed by atoms with Crippen LogP contribution in [-0.2, 0) is 23.9 Å². The summed E-state index contributed by atoms with van der Waals surface area (Å²) in [6.07, 6.45) is 0.650. The predicted molar refractivity (Wildman–Crippen MR) is 99.7 cm³/mol. The van der Waals surface area contributed by atoms with Crippen LogP contribution >= 0.6 is 0 Å². The van der Waals surface area contributed by atoms with Crippen LogP contribution in [0.1, 0.15) is 30.6 Å². The molecule has 0 bridgehead atoms. The van der Waals surface area contributed by atoms with Crippen LogP contribution in [0, 0.1) is 5.92 Å². The molecule has 0 spiro atoms. The summed E-state index contributed by atoms with van der Waals surface area (Å²) in [5, 5.41) is 4.88. The van der Waals surface area contributed by atoms with Crippen LogP contribution in [-0.4, -0.2) is 57.2 Å². The van der Waals surface area contributed by atoms with Crippen molar-refractivity contribution in [3.8, 4) is 5.75 Å². The van der Waals surface area contributed by atoms with Gasteiger partial charge in [0.2, 0.25) is 0 Å². The molecule has 0 fully saturated rings. The molecule has 0 aromatic heterocycles. The van der Waals surface area contributed by atoms with Crippen molar-refractivity contribution in [3.05, 3.63) is 29.8 Å². The highest BCUT2D eigenvalue weighted by atomic mass is 16.5. The van der Waals surface area contributed by atoms with Crippen LogP contribution in [0.5, 0.6) is 5.75 Å². The largest absolute Gasteiger partial charge is 0.497 e. The minimum atomic E-state index is -0.823. The minimum absolute atomic E-state index is 0.143. The number of benzene rings is 1. The van der Waals surface area contributed by atoms with Crippen molar-refractivity contribution in [2.24, 2.45) is 5.92 Å². The van der Waals surface area contributed by atoms with Gasteiger partial charge in [-0.1, -0.05) is 20.3 Å². The molecule has 154 valence electrons. The standard InChI is InChI=1S/C19H26N2O7/c1-5-12(2)17(19(25)27-4)21-15(22)11-28-16(23)10-20-18(24)13-6-8-14(26-3)9-7-13/h6-9,12,17H,5,10-11H2,1-4H3,(H,20,24)(H,21,22)/t12-,17+/m0/s1. The van der Waals surface area contributed by atoms with Crippen molar-refractivity contribution >= 4 is 23.8 Å². The fraction of sp³-hybridized carbons (Fsp3) is 0.474. The summed E-state index contributed by atoms with van der Waals surface area (Å²) >= 11 is 0. The number of amides is 2. The Bertz CT molecular complexity index is 688. The number of esters is 2. The van der Waals surface area contributed by atoms with Crippen LogP contribution < -0.4 is 15.4 Å². The van der Waals surface area contributed by atoms with Gasteiger partial charge in [0.25, 0.3) is 11.8 Å². The maximum Gasteiger partial charge on any atom is 0.328 e. The fourth-order valence-electron chi connectivity index (χ4n) is 2.21. The fourth-order valence-corrected chi connectivity index (χ4v) is 2.21. The maximum atomic E-state index is 12.0. The highest BCUT2D eigenvalue weighted by Gasteiger charge is 2.26. The molecule has 28 heavy (non-hydrogen) atoms. The second-order valence-electron chi connectivity index (χ2n) is 6.03. The highest BCUT2D eigenvalue weighted by Crippen LogP contribution is 2.11. The number of hydrogen-bond donors (Lipinski definition) is 2. The van der Waals surface area contributed by atoms with Crippen molar-refractivity contribution in [2.45, 2.75) is 26.3 Å². The van der Waals surface area contributed by atoms with Gasteiger partial charge in [0, 0.05) is 5.56 Å². The zero-order chi connectivity index (χ0) is 21.1. The Kier molecular flexibility index (Phi) is 9.49. The van der Waals surface area contributed by atoms with E-state index in [1.807, 2.05) is 6.92 Å². The van der Waals surface area contributed by atoms with Crippen molar-refractivity contribution in [1.82, 2.24) is 10.6 Å². The molecule has 1 rings (SSSR count). The first-order chi connectivity index (χ1) is 13.3. The van der Waals surface area contributed by atoms with Crippen molar-refractivity contribution in [2.75, 3.05) is 27.4 Å². The van der Waals surface area contributed by atoms with Gasteiger partial charge in [-0.3, -0.25) is 14.4 Å². The number of carbonyl (C=O) groups excluding carboxylic acids is 4. The van der Waals surface area contributed by atoms with E-state index < -0.39 is 42.9 Å². The Hall–Kier alpha value is -3.10. The zero-order valence-electron chi connectivity index (χ0n) is 16.4. The zero-order valence-corrected chi connectivity index (χ0v) is 16.4. The van der Waals surface area contributed by atoms with Gasteiger partial charge < -0.3 is 24.8 Å². The molecule has 0 heterocycles. The average Bonchev–Trinajstić information content (AvgIpc) is 2.73. The van der Waals surface area contributed by atoms with Crippen molar-refractivity contribution in [3.63, 3.8) is 0 Å². The summed E-state index contributed by atoms with van der Waals surface area (Å²) in [7, 11) is 2.74. The number of methoxy groups -OCH3 is 2. The smallest absolute Gasteiger partial charge is 0.328 e. The van der Waals surface area contributed by atoms with Gasteiger partial charge in [-0.15, -0.1) is 0 Å². The molecular formula is C19H26N2O7. The van der Waals surface area contributed by atoms with E-state index in [0.717, 1.165) is 0 Å². The van der Waals surface area contributed by atoms with Gasteiger partial charge in [-0.2, -0.15) is 0 Å². The molecule has 0 aliphatic heterocycles. The van der Waals surface area contributed by atoms with Crippen LogP contribution in [0.15, 0.2) is 24.3 Å². The van der Waals surface area contributed by atoms with Gasteiger partial charge in [0.05, 0.1) is 14.2 Å². The molecular weight excluding hydrogens is 368 g/mol. The molecule has 0 aliphatic carbocycles. The van der Waals surface area contributed by atoms with Crippen LogP contribution in [0.3, 0.4) is 0 Å². The maximum absolute atomic E-state index is 12.0. The van der Waals surface area contributed by atoms with E-state index in [-0.39, 0.29) is 5.92 Å². The van der Waals surface area contributed by atoms with E-state index in [0.29, 0.717) is 17.7 Å². The first-order valence-corrected chi connectivity index (χ1v) is 8.77. The third-order valence-electron chi connectivity index (χ3n) is 4.09. The quantitative estimate of drug-likeness (QED) is 0.560. The van der Waals surface area contributed by atoms with Crippen molar-refractivity contribution in [1.29, 1.82) is 0 Å². The Morgan fingerprint density at radius 2 is 1.71 bits per heavy atom. The normalized spacial score (nSPS) is 12.3. The monoisotopic (exact) mass is 394 g/mol. The predicted octanol–water partition coefficient (Wildman–Crippen LogP) is 0.672. The van der Waals surface area contributed by atoms with Crippen molar-refractivity contribution < 1.29 is 33.4 Å². The minimum Gasteiger partial charge on any atom is -0.497 e. The topological polar surface area (TPSA) is 120 Å². The van der Waals surface area contributed by atoms with Crippen LogP contribution in [0.4, 0.5) is 0 Å². The van der Waals surface area contributed by atoms with E-state index in [9.17, 15) is 19.2 Å². The van der Waals surface area contributed by atoms with E-state index in [1.165, 1.54) is 14.2 Å². The molecule has 1 aromatic carbocycles. The molecule has 0 aliphatic rings. The Labute approximate surface area is 163 Å². The Morgan fingerprint density at radius 3 is 2.25 bits per heavy atom. The van der Waals surface area contributed by atoms with Gasteiger partial charge in [0.1, 0.15) is 18.3 Å². The summed E-state index contributed by atoms with van der Waals surface area (Å²) in [5.74, 6) is -1.99. The van der Waals surface area contributed by atoms with E-state index >= 15 is 0 Å². The number of nitrogens with one attached hydrogen (secondary N) is 2. The lowest BCUT2D eigenvalue weighted by Crippen LogP contribution is -2.47. The summed E-state index contributed by atoms with van der Waals surface area (Å²) in [4.78, 5) is 47.3. The lowest BCUT2D eigenvalue weighted by atomic mass is 9.99. The molecule has 0 unspecified atom stereocenters. The molecule has 2 N–H and O–H groups in total. The summed E-state index contributed by atoms with van der Waals surface area (Å²) in [6, 6.07) is 5.51. The van der Waals surface area contributed by atoms with E-state index in [2.05, 4.69) is 15.4 Å². The Balaban J connectivity index is 2.43. The first-order valence-electron chi connectivity index (χ1n) is 8.77. The number of ether oxygens (including phenoxy) is 3. The SMILES string of the molecule is CC[C@H](C)[C@@H](NC(=O)COC(=O)CNC(=O)c1ccc(OC)cc1)C(=O)OC. The van der Waals surface area contributed by atoms with E-state index in [4.69, 9.17) is 9.47 Å². The number of carbonyl (C=O) groups is 4. The summed E-state index contributed by atoms with van der Waals surface area (Å²) < 4.78 is 14.5. The number of rotatable bonds is 10. The molecule has 0 saturated carbocycles. The Morgan fingerprint density at radius 1 is 1.07 bits per heavy atom. The average molecular weight is 394 g/mol. The van der Waals surface area contributed by atoms with Crippen LogP contribution in [0.25, 0.3) is 0 Å².